The van der Waals surface area contributed by atoms with Crippen molar-refractivity contribution in [2.75, 3.05) is 14.1 Å². The first-order valence-electron chi connectivity index (χ1n) is 5.96. The van der Waals surface area contributed by atoms with Crippen LogP contribution >= 0.6 is 0 Å². The Hall–Kier alpha value is -1.31. The van der Waals surface area contributed by atoms with Crippen molar-refractivity contribution in [2.24, 2.45) is 17.8 Å². The van der Waals surface area contributed by atoms with Gasteiger partial charge in [-0.1, -0.05) is 24.3 Å². The molecular weight excluding hydrogens is 198 g/mol. The van der Waals surface area contributed by atoms with E-state index in [0.29, 0.717) is 23.7 Å². The van der Waals surface area contributed by atoms with Gasteiger partial charge in [-0.25, -0.2) is 0 Å². The lowest BCUT2D eigenvalue weighted by molar-refractivity contribution is -0.130. The van der Waals surface area contributed by atoms with Crippen LogP contribution in [0.1, 0.15) is 11.1 Å². The van der Waals surface area contributed by atoms with Crippen LogP contribution in [-0.4, -0.2) is 24.9 Å². The molecule has 1 saturated carbocycles. The van der Waals surface area contributed by atoms with E-state index in [9.17, 15) is 4.79 Å². The van der Waals surface area contributed by atoms with Gasteiger partial charge in [-0.05, 0) is 35.8 Å². The molecule has 84 valence electrons. The second-order valence-electron chi connectivity index (χ2n) is 5.26. The van der Waals surface area contributed by atoms with Gasteiger partial charge in [-0.3, -0.25) is 4.79 Å². The van der Waals surface area contributed by atoms with Crippen molar-refractivity contribution in [3.63, 3.8) is 0 Å². The zero-order chi connectivity index (χ0) is 11.3. The van der Waals surface area contributed by atoms with Crippen molar-refractivity contribution in [3.05, 3.63) is 35.4 Å². The van der Waals surface area contributed by atoms with Gasteiger partial charge in [0, 0.05) is 20.0 Å². The molecule has 2 aliphatic rings. The van der Waals surface area contributed by atoms with E-state index in [1.807, 2.05) is 14.1 Å². The van der Waals surface area contributed by atoms with Crippen LogP contribution in [0.3, 0.4) is 0 Å². The molecule has 0 N–H and O–H groups in total. The molecule has 0 spiro atoms. The summed E-state index contributed by atoms with van der Waals surface area (Å²) in [5, 5.41) is 0. The van der Waals surface area contributed by atoms with Crippen LogP contribution in [0.2, 0.25) is 0 Å². The molecule has 0 saturated heterocycles. The first-order chi connectivity index (χ1) is 7.68. The fourth-order valence-electron chi connectivity index (χ4n) is 3.13. The molecule has 0 heterocycles. The highest BCUT2D eigenvalue weighted by atomic mass is 16.2. The molecule has 1 amide bonds. The van der Waals surface area contributed by atoms with E-state index < -0.39 is 0 Å². The minimum Gasteiger partial charge on any atom is -0.349 e. The maximum atomic E-state index is 11.9. The van der Waals surface area contributed by atoms with E-state index in [4.69, 9.17) is 0 Å². The Morgan fingerprint density at radius 2 is 1.62 bits per heavy atom. The Balaban J connectivity index is 1.80. The van der Waals surface area contributed by atoms with Crippen LogP contribution in [0.25, 0.3) is 0 Å². The summed E-state index contributed by atoms with van der Waals surface area (Å²) in [4.78, 5) is 13.7. The highest BCUT2D eigenvalue weighted by molar-refractivity contribution is 5.82. The van der Waals surface area contributed by atoms with Gasteiger partial charge in [0.2, 0.25) is 5.91 Å². The molecule has 0 bridgehead atoms. The zero-order valence-corrected chi connectivity index (χ0v) is 9.81. The Kier molecular flexibility index (Phi) is 2.06. The summed E-state index contributed by atoms with van der Waals surface area (Å²) in [6.45, 7) is 0. The van der Waals surface area contributed by atoms with Gasteiger partial charge in [-0.2, -0.15) is 0 Å². The molecule has 0 radical (unpaired) electrons. The third kappa shape index (κ3) is 1.36. The molecule has 2 unspecified atom stereocenters. The number of carbonyl (C=O) groups excluding carboxylic acids is 1. The minimum atomic E-state index is 0.294. The van der Waals surface area contributed by atoms with Gasteiger partial charge in [0.15, 0.2) is 0 Å². The van der Waals surface area contributed by atoms with Crippen molar-refractivity contribution >= 4 is 5.91 Å². The average Bonchev–Trinajstić information content (AvgIpc) is 2.97. The SMILES string of the molecule is CN(C)C(=O)C1C2Cc3ccccc3CC21. The fourth-order valence-corrected chi connectivity index (χ4v) is 3.13. The molecule has 2 nitrogen and oxygen atoms in total. The summed E-state index contributed by atoms with van der Waals surface area (Å²) in [5.41, 5.74) is 2.91. The maximum Gasteiger partial charge on any atom is 0.225 e. The standard InChI is InChI=1S/C14H17NO/c1-15(2)14(16)13-11-7-9-5-3-4-6-10(9)8-12(11)13/h3-6,11-13H,7-8H2,1-2H3. The number of fused-ring (bicyclic) bond motifs is 2. The minimum absolute atomic E-state index is 0.294. The molecular formula is C14H17NO. The van der Waals surface area contributed by atoms with Crippen molar-refractivity contribution in [1.29, 1.82) is 0 Å². The van der Waals surface area contributed by atoms with Crippen LogP contribution in [0, 0.1) is 17.8 Å². The molecule has 0 aliphatic heterocycles. The number of nitrogens with zero attached hydrogens (tertiary/aromatic N) is 1. The predicted octanol–water partition coefficient (Wildman–Crippen LogP) is 1.74. The number of hydrogen-bond donors (Lipinski definition) is 0. The molecule has 2 atom stereocenters. The van der Waals surface area contributed by atoms with E-state index in [-0.39, 0.29) is 0 Å². The monoisotopic (exact) mass is 215 g/mol. The second kappa shape index (κ2) is 3.34. The van der Waals surface area contributed by atoms with Gasteiger partial charge in [0.05, 0.1) is 0 Å². The average molecular weight is 215 g/mol. The number of carbonyl (C=O) groups is 1. The van der Waals surface area contributed by atoms with Gasteiger partial charge in [0.25, 0.3) is 0 Å². The number of rotatable bonds is 1. The number of benzene rings is 1. The van der Waals surface area contributed by atoms with E-state index in [0.717, 1.165) is 12.8 Å². The van der Waals surface area contributed by atoms with Crippen molar-refractivity contribution in [1.82, 2.24) is 4.90 Å². The quantitative estimate of drug-likeness (QED) is 0.698. The smallest absolute Gasteiger partial charge is 0.225 e. The number of amides is 1. The normalized spacial score (nSPS) is 30.2. The third-order valence-electron chi connectivity index (χ3n) is 4.09. The molecule has 2 aliphatic carbocycles. The van der Waals surface area contributed by atoms with Crippen molar-refractivity contribution in [3.8, 4) is 0 Å². The predicted molar refractivity (Wildman–Crippen MR) is 63.0 cm³/mol. The van der Waals surface area contributed by atoms with Crippen molar-refractivity contribution < 1.29 is 4.79 Å². The molecule has 1 fully saturated rings. The summed E-state index contributed by atoms with van der Waals surface area (Å²) in [6, 6.07) is 8.62. The second-order valence-corrected chi connectivity index (χ2v) is 5.26. The molecule has 16 heavy (non-hydrogen) atoms. The molecule has 2 heteroatoms. The maximum absolute atomic E-state index is 11.9. The lowest BCUT2D eigenvalue weighted by Crippen LogP contribution is -2.24. The van der Waals surface area contributed by atoms with Crippen molar-refractivity contribution in [2.45, 2.75) is 12.8 Å². The first-order valence-corrected chi connectivity index (χ1v) is 5.96. The van der Waals surface area contributed by atoms with Crippen LogP contribution in [0.4, 0.5) is 0 Å². The van der Waals surface area contributed by atoms with Gasteiger partial charge in [0.1, 0.15) is 0 Å². The Labute approximate surface area is 96.3 Å². The molecule has 1 aromatic carbocycles. The van der Waals surface area contributed by atoms with Gasteiger partial charge >= 0.3 is 0 Å². The Morgan fingerprint density at radius 3 is 2.06 bits per heavy atom. The largest absolute Gasteiger partial charge is 0.349 e. The summed E-state index contributed by atoms with van der Waals surface area (Å²) >= 11 is 0. The zero-order valence-electron chi connectivity index (χ0n) is 9.81. The molecule has 0 aromatic heterocycles. The highest BCUT2D eigenvalue weighted by Gasteiger charge is 2.56. The van der Waals surface area contributed by atoms with Crippen LogP contribution in [0.15, 0.2) is 24.3 Å². The summed E-state index contributed by atoms with van der Waals surface area (Å²) in [6.07, 6.45) is 2.20. The number of hydrogen-bond acceptors (Lipinski definition) is 1. The topological polar surface area (TPSA) is 20.3 Å². The van der Waals surface area contributed by atoms with E-state index in [2.05, 4.69) is 24.3 Å². The lowest BCUT2D eigenvalue weighted by Gasteiger charge is -2.13. The van der Waals surface area contributed by atoms with E-state index in [1.165, 1.54) is 11.1 Å². The summed E-state index contributed by atoms with van der Waals surface area (Å²) in [7, 11) is 3.72. The summed E-state index contributed by atoms with van der Waals surface area (Å²) in [5.74, 6) is 1.85. The lowest BCUT2D eigenvalue weighted by atomic mass is 9.92. The fraction of sp³-hybridized carbons (Fsp3) is 0.500. The van der Waals surface area contributed by atoms with E-state index >= 15 is 0 Å². The van der Waals surface area contributed by atoms with Crippen LogP contribution in [0.5, 0.6) is 0 Å². The Morgan fingerprint density at radius 1 is 1.12 bits per heavy atom. The van der Waals surface area contributed by atoms with Gasteiger partial charge < -0.3 is 4.90 Å². The van der Waals surface area contributed by atoms with Gasteiger partial charge in [-0.15, -0.1) is 0 Å². The van der Waals surface area contributed by atoms with E-state index in [1.54, 1.807) is 4.90 Å². The molecule has 3 rings (SSSR count). The first kappa shape index (κ1) is 9.88. The highest BCUT2D eigenvalue weighted by Crippen LogP contribution is 2.54. The van der Waals surface area contributed by atoms with Crippen LogP contribution < -0.4 is 0 Å². The summed E-state index contributed by atoms with van der Waals surface area (Å²) < 4.78 is 0. The Bertz CT molecular complexity index is 407. The van der Waals surface area contributed by atoms with Crippen LogP contribution in [-0.2, 0) is 17.6 Å². The molecule has 1 aromatic rings. The third-order valence-corrected chi connectivity index (χ3v) is 4.09.